The van der Waals surface area contributed by atoms with Crippen LogP contribution >= 0.6 is 0 Å². The van der Waals surface area contributed by atoms with E-state index in [4.69, 9.17) is 0 Å². The molecule has 0 aromatic rings. The van der Waals surface area contributed by atoms with Gasteiger partial charge in [0.25, 0.3) is 0 Å². The fraction of sp³-hybridized carbons (Fsp3) is 0.847. The smallest absolute Gasteiger partial charge is 0.220 e. The molecule has 63 heavy (non-hydrogen) atoms. The number of aliphatic hydroxyl groups is 2. The minimum atomic E-state index is -0.870. The van der Waals surface area contributed by atoms with Gasteiger partial charge in [-0.05, 0) is 70.6 Å². The van der Waals surface area contributed by atoms with Gasteiger partial charge in [0.1, 0.15) is 0 Å². The Morgan fingerprint density at radius 1 is 0.365 bits per heavy atom. The Labute approximate surface area is 394 Å². The van der Waals surface area contributed by atoms with Gasteiger partial charge in [0.2, 0.25) is 5.91 Å². The van der Waals surface area contributed by atoms with Gasteiger partial charge < -0.3 is 15.5 Å². The summed E-state index contributed by atoms with van der Waals surface area (Å²) >= 11 is 0. The molecule has 0 aromatic carbocycles. The Balaban J connectivity index is 3.48. The number of unbranched alkanes of at least 4 members (excludes halogenated alkanes) is 39. The van der Waals surface area contributed by atoms with Crippen LogP contribution in [0.1, 0.15) is 303 Å². The second-order valence-electron chi connectivity index (χ2n) is 19.3. The molecule has 0 bridgehead atoms. The quantitative estimate of drug-likeness (QED) is 0.0421. The first-order valence-corrected chi connectivity index (χ1v) is 28.4. The van der Waals surface area contributed by atoms with Crippen LogP contribution in [0.4, 0.5) is 0 Å². The average molecular weight is 883 g/mol. The van der Waals surface area contributed by atoms with E-state index in [1.165, 1.54) is 244 Å². The van der Waals surface area contributed by atoms with Crippen molar-refractivity contribution in [3.05, 3.63) is 48.6 Å². The third-order valence-corrected chi connectivity index (χ3v) is 13.0. The largest absolute Gasteiger partial charge is 0.394 e. The van der Waals surface area contributed by atoms with Crippen molar-refractivity contribution in [3.8, 4) is 0 Å². The molecule has 2 unspecified atom stereocenters. The SMILES string of the molecule is CCCCCCCCCC/C=C/CC/C=C/CC/C=C/C(O)C(CO)NC(=O)CCCCCCCCCCCCCCCCCCC/C=C\CCCCCCCCCCCCCC. The van der Waals surface area contributed by atoms with E-state index in [9.17, 15) is 15.0 Å². The van der Waals surface area contributed by atoms with Gasteiger partial charge in [-0.1, -0.05) is 274 Å². The van der Waals surface area contributed by atoms with E-state index in [0.717, 1.165) is 38.5 Å². The summed E-state index contributed by atoms with van der Waals surface area (Å²) in [4.78, 5) is 12.5. The third kappa shape index (κ3) is 51.2. The maximum atomic E-state index is 12.5. The first-order valence-electron chi connectivity index (χ1n) is 28.4. The lowest BCUT2D eigenvalue weighted by Gasteiger charge is -2.19. The number of allylic oxidation sites excluding steroid dienone is 7. The zero-order valence-electron chi connectivity index (χ0n) is 42.6. The highest BCUT2D eigenvalue weighted by atomic mass is 16.3. The molecule has 0 saturated carbocycles. The molecule has 3 N–H and O–H groups in total. The van der Waals surface area contributed by atoms with Crippen molar-refractivity contribution in [2.75, 3.05) is 6.61 Å². The van der Waals surface area contributed by atoms with Crippen molar-refractivity contribution in [3.63, 3.8) is 0 Å². The molecule has 4 heteroatoms. The van der Waals surface area contributed by atoms with Crippen LogP contribution in [0, 0.1) is 0 Å². The predicted molar refractivity (Wildman–Crippen MR) is 281 cm³/mol. The van der Waals surface area contributed by atoms with E-state index < -0.39 is 12.1 Å². The zero-order valence-corrected chi connectivity index (χ0v) is 42.6. The van der Waals surface area contributed by atoms with E-state index in [1.807, 2.05) is 6.08 Å². The number of hydrogen-bond acceptors (Lipinski definition) is 3. The molecule has 0 heterocycles. The summed E-state index contributed by atoms with van der Waals surface area (Å²) in [5.74, 6) is -0.0744. The lowest BCUT2D eigenvalue weighted by molar-refractivity contribution is -0.123. The molecule has 0 rings (SSSR count). The summed E-state index contributed by atoms with van der Waals surface area (Å²) in [5.41, 5.74) is 0. The molecule has 0 saturated heterocycles. The molecule has 0 aliphatic rings. The lowest BCUT2D eigenvalue weighted by atomic mass is 10.0. The van der Waals surface area contributed by atoms with Crippen LogP contribution in [0.3, 0.4) is 0 Å². The number of rotatable bonds is 52. The average Bonchev–Trinajstić information content (AvgIpc) is 3.29. The first-order chi connectivity index (χ1) is 31.2. The first kappa shape index (κ1) is 61.4. The van der Waals surface area contributed by atoms with Crippen LogP contribution in [0.2, 0.25) is 0 Å². The van der Waals surface area contributed by atoms with Crippen molar-refractivity contribution in [2.24, 2.45) is 0 Å². The maximum absolute atomic E-state index is 12.5. The fourth-order valence-corrected chi connectivity index (χ4v) is 8.68. The molecule has 4 nitrogen and oxygen atoms in total. The Morgan fingerprint density at radius 3 is 0.921 bits per heavy atom. The number of aliphatic hydroxyl groups excluding tert-OH is 2. The summed E-state index contributed by atoms with van der Waals surface area (Å²) in [6.45, 7) is 4.31. The second-order valence-corrected chi connectivity index (χ2v) is 19.3. The van der Waals surface area contributed by atoms with Crippen molar-refractivity contribution >= 4 is 5.91 Å². The van der Waals surface area contributed by atoms with Crippen molar-refractivity contribution < 1.29 is 15.0 Å². The van der Waals surface area contributed by atoms with Gasteiger partial charge in [0.05, 0.1) is 18.8 Å². The predicted octanol–water partition coefficient (Wildman–Crippen LogP) is 18.6. The Kier molecular flexibility index (Phi) is 53.3. The maximum Gasteiger partial charge on any atom is 0.220 e. The van der Waals surface area contributed by atoms with E-state index in [-0.39, 0.29) is 12.5 Å². The number of carbonyl (C=O) groups is 1. The van der Waals surface area contributed by atoms with Crippen LogP contribution in [0.5, 0.6) is 0 Å². The summed E-state index contributed by atoms with van der Waals surface area (Å²) in [7, 11) is 0. The Bertz CT molecular complexity index is 1000. The van der Waals surface area contributed by atoms with Crippen molar-refractivity contribution in [2.45, 2.75) is 315 Å². The molecule has 0 spiro atoms. The van der Waals surface area contributed by atoms with E-state index >= 15 is 0 Å². The highest BCUT2D eigenvalue weighted by Crippen LogP contribution is 2.17. The number of carbonyl (C=O) groups excluding carboxylic acids is 1. The van der Waals surface area contributed by atoms with Gasteiger partial charge in [-0.3, -0.25) is 4.79 Å². The molecule has 0 aliphatic carbocycles. The molecule has 0 aliphatic heterocycles. The van der Waals surface area contributed by atoms with Gasteiger partial charge >= 0.3 is 0 Å². The highest BCUT2D eigenvalue weighted by molar-refractivity contribution is 5.76. The topological polar surface area (TPSA) is 69.6 Å². The zero-order chi connectivity index (χ0) is 45.6. The van der Waals surface area contributed by atoms with Gasteiger partial charge in [0, 0.05) is 6.42 Å². The van der Waals surface area contributed by atoms with E-state index in [0.29, 0.717) is 6.42 Å². The van der Waals surface area contributed by atoms with Crippen LogP contribution < -0.4 is 5.32 Å². The van der Waals surface area contributed by atoms with Crippen LogP contribution in [0.25, 0.3) is 0 Å². The molecular formula is C59H111NO3. The minimum absolute atomic E-state index is 0.0744. The molecule has 0 aromatic heterocycles. The third-order valence-electron chi connectivity index (χ3n) is 13.0. The van der Waals surface area contributed by atoms with Crippen molar-refractivity contribution in [1.82, 2.24) is 5.32 Å². The minimum Gasteiger partial charge on any atom is -0.394 e. The van der Waals surface area contributed by atoms with Crippen LogP contribution in [-0.2, 0) is 4.79 Å². The highest BCUT2D eigenvalue weighted by Gasteiger charge is 2.18. The molecule has 0 fully saturated rings. The van der Waals surface area contributed by atoms with Gasteiger partial charge in [0.15, 0.2) is 0 Å². The lowest BCUT2D eigenvalue weighted by Crippen LogP contribution is -2.45. The summed E-state index contributed by atoms with van der Waals surface area (Å²) in [6, 6.07) is -0.645. The number of amides is 1. The molecule has 0 radical (unpaired) electrons. The standard InChI is InChI=1S/C59H111NO3/c1-3-5-7-9-11-13-15-17-19-21-23-24-25-26-27-28-29-30-31-32-33-34-35-36-37-39-41-43-45-47-49-51-53-55-59(63)60-57(56-61)58(62)54-52-50-48-46-44-42-40-38-22-20-18-16-14-12-10-8-6-4-2/h22,26-27,38,44,46,52,54,57-58,61-62H,3-21,23-25,28-37,39-43,45,47-51,53,55-56H2,1-2H3,(H,60,63)/b27-26-,38-22+,46-44+,54-52+. The van der Waals surface area contributed by atoms with E-state index in [1.54, 1.807) is 6.08 Å². The Hall–Kier alpha value is -1.65. The Morgan fingerprint density at radius 2 is 0.619 bits per heavy atom. The molecule has 2 atom stereocenters. The van der Waals surface area contributed by atoms with Gasteiger partial charge in [-0.2, -0.15) is 0 Å². The van der Waals surface area contributed by atoms with Crippen LogP contribution in [0.15, 0.2) is 48.6 Å². The normalized spacial score (nSPS) is 13.1. The molecule has 1 amide bonds. The second kappa shape index (κ2) is 54.7. The number of hydrogen-bond donors (Lipinski definition) is 3. The summed E-state index contributed by atoms with van der Waals surface area (Å²) in [5, 5.41) is 23.1. The fourth-order valence-electron chi connectivity index (χ4n) is 8.68. The van der Waals surface area contributed by atoms with Crippen molar-refractivity contribution in [1.29, 1.82) is 0 Å². The van der Waals surface area contributed by atoms with Gasteiger partial charge in [-0.25, -0.2) is 0 Å². The number of nitrogens with one attached hydrogen (secondary N) is 1. The molecular weight excluding hydrogens is 771 g/mol. The monoisotopic (exact) mass is 882 g/mol. The molecule has 370 valence electrons. The van der Waals surface area contributed by atoms with E-state index in [2.05, 4.69) is 55.6 Å². The van der Waals surface area contributed by atoms with Gasteiger partial charge in [-0.15, -0.1) is 0 Å². The summed E-state index contributed by atoms with van der Waals surface area (Å²) < 4.78 is 0. The van der Waals surface area contributed by atoms with Crippen LogP contribution in [-0.4, -0.2) is 34.9 Å². The summed E-state index contributed by atoms with van der Waals surface area (Å²) in [6.07, 6.45) is 75.7.